The molecule has 0 radical (unpaired) electrons. The molecule has 1 amide bonds. The standard InChI is InChI=1S/C22H22N2O3S/c1-14-7-9-16(10-8-14)22-20(28-15(2)24-22)11-21(25)23-12-17-13-26-18-5-3-4-6-19(18)27-17/h3-10,17H,11-13H2,1-2H3,(H,23,25)/t17-/m1/s1. The maximum Gasteiger partial charge on any atom is 0.225 e. The predicted octanol–water partition coefficient (Wildman–Crippen LogP) is 3.93. The highest BCUT2D eigenvalue weighted by atomic mass is 32.1. The zero-order chi connectivity index (χ0) is 19.5. The first kappa shape index (κ1) is 18.5. The molecule has 0 bridgehead atoms. The van der Waals surface area contributed by atoms with Crippen LogP contribution in [0.2, 0.25) is 0 Å². The largest absolute Gasteiger partial charge is 0.486 e. The number of ether oxygens (including phenoxy) is 2. The monoisotopic (exact) mass is 394 g/mol. The number of nitrogens with zero attached hydrogens (tertiary/aromatic N) is 1. The summed E-state index contributed by atoms with van der Waals surface area (Å²) >= 11 is 1.57. The Kier molecular flexibility index (Phi) is 5.30. The van der Waals surface area contributed by atoms with Gasteiger partial charge in [0.25, 0.3) is 0 Å². The van der Waals surface area contributed by atoms with Gasteiger partial charge in [0.2, 0.25) is 5.91 Å². The van der Waals surface area contributed by atoms with E-state index in [4.69, 9.17) is 9.47 Å². The quantitative estimate of drug-likeness (QED) is 0.712. The number of aryl methyl sites for hydroxylation is 2. The molecule has 0 unspecified atom stereocenters. The SMILES string of the molecule is Cc1ccc(-c2nc(C)sc2CC(=O)NC[C@@H]2COc3ccccc3O2)cc1. The molecule has 1 aliphatic heterocycles. The topological polar surface area (TPSA) is 60.5 Å². The molecule has 1 aliphatic rings. The van der Waals surface area contributed by atoms with E-state index in [2.05, 4.69) is 41.5 Å². The number of nitrogens with one attached hydrogen (secondary N) is 1. The Bertz CT molecular complexity index is 982. The zero-order valence-corrected chi connectivity index (χ0v) is 16.7. The van der Waals surface area contributed by atoms with Gasteiger partial charge in [-0.1, -0.05) is 42.0 Å². The molecule has 6 heteroatoms. The Balaban J connectivity index is 1.38. The van der Waals surface area contributed by atoms with Gasteiger partial charge in [-0.15, -0.1) is 11.3 Å². The number of para-hydroxylation sites is 2. The molecule has 1 N–H and O–H groups in total. The van der Waals surface area contributed by atoms with Crippen LogP contribution in [0.4, 0.5) is 0 Å². The summed E-state index contributed by atoms with van der Waals surface area (Å²) in [5.41, 5.74) is 3.13. The van der Waals surface area contributed by atoms with E-state index < -0.39 is 0 Å². The maximum absolute atomic E-state index is 12.5. The number of hydrogen-bond donors (Lipinski definition) is 1. The van der Waals surface area contributed by atoms with Gasteiger partial charge in [-0.2, -0.15) is 0 Å². The summed E-state index contributed by atoms with van der Waals surface area (Å²) < 4.78 is 11.6. The molecule has 5 nitrogen and oxygen atoms in total. The minimum absolute atomic E-state index is 0.0422. The van der Waals surface area contributed by atoms with Crippen LogP contribution in [0.15, 0.2) is 48.5 Å². The van der Waals surface area contributed by atoms with Gasteiger partial charge in [0.1, 0.15) is 12.7 Å². The van der Waals surface area contributed by atoms with Gasteiger partial charge in [-0.3, -0.25) is 4.79 Å². The number of carbonyl (C=O) groups excluding carboxylic acids is 1. The van der Waals surface area contributed by atoms with E-state index in [0.717, 1.165) is 26.9 Å². The summed E-state index contributed by atoms with van der Waals surface area (Å²) in [6.07, 6.45) is 0.109. The van der Waals surface area contributed by atoms with Crippen LogP contribution < -0.4 is 14.8 Å². The number of rotatable bonds is 5. The lowest BCUT2D eigenvalue weighted by Crippen LogP contribution is -2.41. The number of fused-ring (bicyclic) bond motifs is 1. The molecule has 0 spiro atoms. The summed E-state index contributed by atoms with van der Waals surface area (Å²) in [5, 5.41) is 3.92. The molecule has 0 saturated carbocycles. The van der Waals surface area contributed by atoms with Crippen molar-refractivity contribution in [3.8, 4) is 22.8 Å². The van der Waals surface area contributed by atoms with Crippen LogP contribution in [-0.2, 0) is 11.2 Å². The van der Waals surface area contributed by atoms with Crippen LogP contribution in [0, 0.1) is 13.8 Å². The van der Waals surface area contributed by atoms with Gasteiger partial charge in [0.15, 0.2) is 11.5 Å². The Morgan fingerprint density at radius 1 is 1.14 bits per heavy atom. The molecule has 0 aliphatic carbocycles. The molecular weight excluding hydrogens is 372 g/mol. The molecule has 4 rings (SSSR count). The molecule has 2 aromatic carbocycles. The molecule has 1 aromatic heterocycles. The van der Waals surface area contributed by atoms with Crippen molar-refractivity contribution in [1.29, 1.82) is 0 Å². The summed E-state index contributed by atoms with van der Waals surface area (Å²) in [4.78, 5) is 18.1. The van der Waals surface area contributed by atoms with Gasteiger partial charge in [-0.25, -0.2) is 4.98 Å². The highest BCUT2D eigenvalue weighted by Crippen LogP contribution is 2.31. The van der Waals surface area contributed by atoms with Crippen LogP contribution in [0.3, 0.4) is 0 Å². The van der Waals surface area contributed by atoms with Crippen molar-refractivity contribution in [3.05, 3.63) is 64.0 Å². The zero-order valence-electron chi connectivity index (χ0n) is 15.9. The van der Waals surface area contributed by atoms with E-state index in [1.54, 1.807) is 11.3 Å². The molecule has 0 saturated heterocycles. The normalized spacial score (nSPS) is 15.3. The van der Waals surface area contributed by atoms with Gasteiger partial charge < -0.3 is 14.8 Å². The molecule has 28 heavy (non-hydrogen) atoms. The molecule has 3 aromatic rings. The van der Waals surface area contributed by atoms with E-state index in [0.29, 0.717) is 25.3 Å². The van der Waals surface area contributed by atoms with Crippen LogP contribution >= 0.6 is 11.3 Å². The molecular formula is C22H22N2O3S. The van der Waals surface area contributed by atoms with Crippen LogP contribution in [0.5, 0.6) is 11.5 Å². The lowest BCUT2D eigenvalue weighted by Gasteiger charge is -2.26. The second kappa shape index (κ2) is 8.02. The number of thiazole rings is 1. The van der Waals surface area contributed by atoms with Crippen molar-refractivity contribution in [1.82, 2.24) is 10.3 Å². The Labute approximate surface area is 168 Å². The molecule has 1 atom stereocenters. The number of amides is 1. The van der Waals surface area contributed by atoms with Crippen molar-refractivity contribution in [2.45, 2.75) is 26.4 Å². The Morgan fingerprint density at radius 3 is 2.68 bits per heavy atom. The second-order valence-corrected chi connectivity index (χ2v) is 8.14. The molecule has 2 heterocycles. The van der Waals surface area contributed by atoms with E-state index >= 15 is 0 Å². The number of aromatic nitrogens is 1. The lowest BCUT2D eigenvalue weighted by atomic mass is 10.1. The van der Waals surface area contributed by atoms with Crippen LogP contribution in [-0.4, -0.2) is 30.1 Å². The summed E-state index contributed by atoms with van der Waals surface area (Å²) in [7, 11) is 0. The average Bonchev–Trinajstić information content (AvgIpc) is 3.06. The fraction of sp³-hybridized carbons (Fsp3) is 0.273. The van der Waals surface area contributed by atoms with Crippen LogP contribution in [0.1, 0.15) is 15.4 Å². The van der Waals surface area contributed by atoms with E-state index in [9.17, 15) is 4.79 Å². The summed E-state index contributed by atoms with van der Waals surface area (Å²) in [6, 6.07) is 15.8. The van der Waals surface area contributed by atoms with Gasteiger partial charge in [0.05, 0.1) is 23.7 Å². The van der Waals surface area contributed by atoms with Gasteiger partial charge in [-0.05, 0) is 26.0 Å². The fourth-order valence-electron chi connectivity index (χ4n) is 3.13. The van der Waals surface area contributed by atoms with Crippen molar-refractivity contribution < 1.29 is 14.3 Å². The smallest absolute Gasteiger partial charge is 0.225 e. The summed E-state index contributed by atoms with van der Waals surface area (Å²) in [5.74, 6) is 1.42. The van der Waals surface area contributed by atoms with Crippen molar-refractivity contribution in [2.75, 3.05) is 13.2 Å². The molecule has 0 fully saturated rings. The third-order valence-electron chi connectivity index (χ3n) is 4.54. The average molecular weight is 394 g/mol. The van der Waals surface area contributed by atoms with E-state index in [-0.39, 0.29) is 12.0 Å². The summed E-state index contributed by atoms with van der Waals surface area (Å²) in [6.45, 7) is 4.85. The van der Waals surface area contributed by atoms with Crippen molar-refractivity contribution in [3.63, 3.8) is 0 Å². The minimum atomic E-state index is -0.196. The second-order valence-electron chi connectivity index (χ2n) is 6.85. The first-order valence-electron chi connectivity index (χ1n) is 9.27. The van der Waals surface area contributed by atoms with Crippen molar-refractivity contribution in [2.24, 2.45) is 0 Å². The highest BCUT2D eigenvalue weighted by Gasteiger charge is 2.22. The van der Waals surface area contributed by atoms with Crippen LogP contribution in [0.25, 0.3) is 11.3 Å². The number of hydrogen-bond acceptors (Lipinski definition) is 5. The third kappa shape index (κ3) is 4.17. The van der Waals surface area contributed by atoms with Crippen molar-refractivity contribution >= 4 is 17.2 Å². The number of benzene rings is 2. The highest BCUT2D eigenvalue weighted by molar-refractivity contribution is 7.12. The first-order valence-corrected chi connectivity index (χ1v) is 10.1. The fourth-order valence-corrected chi connectivity index (χ4v) is 4.08. The van der Waals surface area contributed by atoms with E-state index in [1.165, 1.54) is 5.56 Å². The number of carbonyl (C=O) groups is 1. The maximum atomic E-state index is 12.5. The first-order chi connectivity index (χ1) is 13.6. The van der Waals surface area contributed by atoms with Gasteiger partial charge in [0, 0.05) is 10.4 Å². The molecule has 144 valence electrons. The minimum Gasteiger partial charge on any atom is -0.486 e. The lowest BCUT2D eigenvalue weighted by molar-refractivity contribution is -0.120. The van der Waals surface area contributed by atoms with Gasteiger partial charge >= 0.3 is 0 Å². The Morgan fingerprint density at radius 2 is 1.89 bits per heavy atom. The third-order valence-corrected chi connectivity index (χ3v) is 5.52. The van der Waals surface area contributed by atoms with E-state index in [1.807, 2.05) is 31.2 Å². The predicted molar refractivity (Wildman–Crippen MR) is 110 cm³/mol. The Hall–Kier alpha value is -2.86.